The lowest BCUT2D eigenvalue weighted by atomic mass is 10.1. The van der Waals surface area contributed by atoms with Crippen LogP contribution in [0.2, 0.25) is 6.04 Å². The molecule has 1 aromatic carbocycles. The van der Waals surface area contributed by atoms with Gasteiger partial charge in [-0.1, -0.05) is 73.4 Å². The highest BCUT2D eigenvalue weighted by atomic mass is 28.2. The normalized spacial score (nSPS) is 11.8. The molecule has 17 heavy (non-hydrogen) atoms. The topological polar surface area (TPSA) is 0 Å². The maximum Gasteiger partial charge on any atom is 0.0849 e. The lowest BCUT2D eigenvalue weighted by Gasteiger charge is -2.01. The summed E-state index contributed by atoms with van der Waals surface area (Å²) in [5.74, 6) is 0. The summed E-state index contributed by atoms with van der Waals surface area (Å²) in [6.07, 6.45) is 9.20. The fourth-order valence-corrected chi connectivity index (χ4v) is 2.95. The van der Waals surface area contributed by atoms with Crippen molar-refractivity contribution in [1.82, 2.24) is 0 Å². The van der Waals surface area contributed by atoms with Crippen LogP contribution in [0.15, 0.2) is 42.0 Å². The molecule has 0 bridgehead atoms. The molecular weight excluding hydrogens is 220 g/mol. The van der Waals surface area contributed by atoms with Crippen LogP contribution in [0.3, 0.4) is 0 Å². The minimum Gasteiger partial charge on any atom is -0.0884 e. The third kappa shape index (κ3) is 7.17. The molecular formula is C16H24Si. The van der Waals surface area contributed by atoms with E-state index < -0.39 is 0 Å². The quantitative estimate of drug-likeness (QED) is 0.362. The van der Waals surface area contributed by atoms with Crippen LogP contribution in [0.25, 0.3) is 0 Å². The summed E-state index contributed by atoms with van der Waals surface area (Å²) in [6.45, 7) is 4.55. The summed E-state index contributed by atoms with van der Waals surface area (Å²) in [5.41, 5.74) is 1.57. The van der Waals surface area contributed by atoms with E-state index in [1.165, 1.54) is 43.3 Å². The zero-order valence-corrected chi connectivity index (χ0v) is 12.2. The smallest absolute Gasteiger partial charge is 0.0849 e. The van der Waals surface area contributed by atoms with Gasteiger partial charge in [-0.05, 0) is 25.8 Å². The van der Waals surface area contributed by atoms with Gasteiger partial charge in [-0.25, -0.2) is 0 Å². The minimum atomic E-state index is 0.926. The molecule has 0 aliphatic carbocycles. The van der Waals surface area contributed by atoms with Crippen molar-refractivity contribution in [3.63, 3.8) is 0 Å². The van der Waals surface area contributed by atoms with E-state index in [1.54, 1.807) is 5.57 Å². The van der Waals surface area contributed by atoms with E-state index >= 15 is 0 Å². The van der Waals surface area contributed by atoms with Crippen molar-refractivity contribution in [2.24, 2.45) is 0 Å². The average Bonchev–Trinajstić information content (AvgIpc) is 2.36. The highest BCUT2D eigenvalue weighted by Crippen LogP contribution is 2.10. The van der Waals surface area contributed by atoms with E-state index in [1.807, 2.05) is 0 Å². The summed E-state index contributed by atoms with van der Waals surface area (Å²) in [6, 6.07) is 12.0. The highest BCUT2D eigenvalue weighted by molar-refractivity contribution is 6.53. The number of benzene rings is 1. The van der Waals surface area contributed by atoms with Gasteiger partial charge in [-0.3, -0.25) is 0 Å². The summed E-state index contributed by atoms with van der Waals surface area (Å²) >= 11 is 0. The van der Waals surface area contributed by atoms with Crippen LogP contribution in [0.1, 0.15) is 46.0 Å². The molecule has 0 saturated carbocycles. The molecule has 0 aliphatic heterocycles. The van der Waals surface area contributed by atoms with Gasteiger partial charge in [-0.2, -0.15) is 0 Å². The van der Waals surface area contributed by atoms with Gasteiger partial charge in [0.15, 0.2) is 0 Å². The predicted octanol–water partition coefficient (Wildman–Crippen LogP) is 4.35. The van der Waals surface area contributed by atoms with E-state index in [0.29, 0.717) is 0 Å². The van der Waals surface area contributed by atoms with Crippen molar-refractivity contribution in [2.45, 2.75) is 52.0 Å². The molecule has 0 aromatic heterocycles. The van der Waals surface area contributed by atoms with Gasteiger partial charge in [0.1, 0.15) is 0 Å². The zero-order chi connectivity index (χ0) is 12.3. The van der Waals surface area contributed by atoms with Crippen molar-refractivity contribution in [2.75, 3.05) is 0 Å². The third-order valence-corrected chi connectivity index (χ3v) is 4.10. The van der Waals surface area contributed by atoms with Crippen molar-refractivity contribution < 1.29 is 0 Å². The van der Waals surface area contributed by atoms with Gasteiger partial charge in [0, 0.05) is 0 Å². The lowest BCUT2D eigenvalue weighted by Crippen LogP contribution is -2.11. The Labute approximate surface area is 109 Å². The van der Waals surface area contributed by atoms with Crippen LogP contribution in [0.4, 0.5) is 0 Å². The number of unbranched alkanes of at least 4 members (excludes halogenated alkanes) is 3. The summed E-state index contributed by atoms with van der Waals surface area (Å²) in [7, 11) is 0.926. The Hall–Kier alpha value is -0.823. The fourth-order valence-electron chi connectivity index (χ4n) is 1.83. The first-order valence-electron chi connectivity index (χ1n) is 6.77. The Morgan fingerprint density at radius 1 is 1.12 bits per heavy atom. The Bertz CT molecular complexity index is 314. The number of hydrogen-bond acceptors (Lipinski definition) is 0. The van der Waals surface area contributed by atoms with Crippen LogP contribution in [-0.2, 0) is 0 Å². The van der Waals surface area contributed by atoms with Crippen LogP contribution >= 0.6 is 0 Å². The molecule has 0 N–H and O–H groups in total. The highest BCUT2D eigenvalue weighted by Gasteiger charge is 1.94. The van der Waals surface area contributed by atoms with Crippen LogP contribution in [-0.4, -0.2) is 9.52 Å². The van der Waals surface area contributed by atoms with E-state index in [2.05, 4.69) is 50.3 Å². The molecule has 0 nitrogen and oxygen atoms in total. The molecule has 92 valence electrons. The van der Waals surface area contributed by atoms with E-state index in [0.717, 1.165) is 9.52 Å². The SMILES string of the molecule is CCCCCC/C(C)=C\C[Si]c1ccccc1. The molecule has 2 radical (unpaired) electrons. The van der Waals surface area contributed by atoms with Gasteiger partial charge in [0.25, 0.3) is 0 Å². The summed E-state index contributed by atoms with van der Waals surface area (Å²) in [4.78, 5) is 0. The molecule has 1 aromatic rings. The molecule has 0 unspecified atom stereocenters. The van der Waals surface area contributed by atoms with Gasteiger partial charge >= 0.3 is 0 Å². The maximum atomic E-state index is 2.43. The van der Waals surface area contributed by atoms with Crippen LogP contribution < -0.4 is 5.19 Å². The first-order valence-corrected chi connectivity index (χ1v) is 7.98. The van der Waals surface area contributed by atoms with E-state index in [-0.39, 0.29) is 0 Å². The zero-order valence-electron chi connectivity index (χ0n) is 11.2. The van der Waals surface area contributed by atoms with E-state index in [4.69, 9.17) is 0 Å². The Morgan fingerprint density at radius 2 is 1.88 bits per heavy atom. The number of rotatable bonds is 8. The average molecular weight is 244 g/mol. The monoisotopic (exact) mass is 244 g/mol. The Kier molecular flexibility index (Phi) is 7.73. The lowest BCUT2D eigenvalue weighted by molar-refractivity contribution is 0.664. The van der Waals surface area contributed by atoms with Crippen molar-refractivity contribution in [3.8, 4) is 0 Å². The molecule has 1 rings (SSSR count). The summed E-state index contributed by atoms with van der Waals surface area (Å²) < 4.78 is 0. The molecule has 1 heteroatoms. The Morgan fingerprint density at radius 3 is 2.59 bits per heavy atom. The van der Waals surface area contributed by atoms with Gasteiger partial charge in [0.05, 0.1) is 9.52 Å². The standard InChI is InChI=1S/C16H24Si/c1-3-4-5-7-10-15(2)13-14-17-16-11-8-6-9-12-16/h6,8-9,11-13H,3-5,7,10,14H2,1-2H3/b15-13-. The second-order valence-electron chi connectivity index (χ2n) is 4.61. The number of allylic oxidation sites excluding steroid dienone is 2. The summed E-state index contributed by atoms with van der Waals surface area (Å²) in [5, 5.41) is 1.47. The van der Waals surface area contributed by atoms with E-state index in [9.17, 15) is 0 Å². The molecule has 0 atom stereocenters. The van der Waals surface area contributed by atoms with Crippen molar-refractivity contribution in [1.29, 1.82) is 0 Å². The predicted molar refractivity (Wildman–Crippen MR) is 79.2 cm³/mol. The first-order chi connectivity index (χ1) is 8.33. The third-order valence-electron chi connectivity index (χ3n) is 2.96. The number of hydrogen-bond donors (Lipinski definition) is 0. The second kappa shape index (κ2) is 9.23. The molecule has 0 heterocycles. The second-order valence-corrected chi connectivity index (χ2v) is 5.95. The molecule has 0 aliphatic rings. The van der Waals surface area contributed by atoms with Crippen molar-refractivity contribution in [3.05, 3.63) is 42.0 Å². The minimum absolute atomic E-state index is 0.926. The molecule has 0 amide bonds. The van der Waals surface area contributed by atoms with Gasteiger partial charge < -0.3 is 0 Å². The molecule has 0 fully saturated rings. The van der Waals surface area contributed by atoms with Crippen LogP contribution in [0, 0.1) is 0 Å². The first kappa shape index (κ1) is 14.2. The van der Waals surface area contributed by atoms with Gasteiger partial charge in [0.2, 0.25) is 0 Å². The Balaban J connectivity index is 2.15. The van der Waals surface area contributed by atoms with Crippen molar-refractivity contribution >= 4 is 14.7 Å². The van der Waals surface area contributed by atoms with Crippen LogP contribution in [0.5, 0.6) is 0 Å². The van der Waals surface area contributed by atoms with Gasteiger partial charge in [-0.15, -0.1) is 0 Å². The molecule has 0 spiro atoms. The fraction of sp³-hybridized carbons (Fsp3) is 0.500. The largest absolute Gasteiger partial charge is 0.0884 e. The maximum absolute atomic E-state index is 2.43. The molecule has 0 saturated heterocycles.